The molecule has 0 aliphatic rings. The molecule has 0 fully saturated rings. The second kappa shape index (κ2) is 7.17. The zero-order valence-corrected chi connectivity index (χ0v) is 11.8. The minimum Gasteiger partial charge on any atom is -0.271 e. The molecule has 2 nitrogen and oxygen atoms in total. The summed E-state index contributed by atoms with van der Waals surface area (Å²) in [4.78, 5) is 0. The molecule has 0 spiro atoms. The van der Waals surface area contributed by atoms with Gasteiger partial charge in [0.25, 0.3) is 0 Å². The van der Waals surface area contributed by atoms with Crippen LogP contribution >= 0.6 is 0 Å². The minimum atomic E-state index is -0.202. The average molecular weight is 272 g/mol. The highest BCUT2D eigenvalue weighted by molar-refractivity contribution is 5.29. The molecule has 0 aromatic heterocycles. The molecule has 1 unspecified atom stereocenters. The first-order chi connectivity index (χ1) is 9.70. The van der Waals surface area contributed by atoms with E-state index in [0.717, 1.165) is 30.4 Å². The van der Waals surface area contributed by atoms with E-state index in [1.807, 2.05) is 19.1 Å². The van der Waals surface area contributed by atoms with E-state index in [9.17, 15) is 4.39 Å². The van der Waals surface area contributed by atoms with Crippen molar-refractivity contribution in [2.24, 2.45) is 5.84 Å². The molecule has 0 saturated heterocycles. The molecule has 0 aliphatic carbocycles. The number of benzene rings is 2. The minimum absolute atomic E-state index is 0.0688. The summed E-state index contributed by atoms with van der Waals surface area (Å²) in [6.45, 7) is 1.92. The number of hydrogen-bond donors (Lipinski definition) is 2. The van der Waals surface area contributed by atoms with Crippen LogP contribution in [0.5, 0.6) is 0 Å². The molecule has 0 heterocycles. The van der Waals surface area contributed by atoms with Crippen LogP contribution in [0.1, 0.15) is 35.6 Å². The predicted octanol–water partition coefficient (Wildman–Crippen LogP) is 3.66. The van der Waals surface area contributed by atoms with Crippen LogP contribution in [-0.4, -0.2) is 0 Å². The normalized spacial score (nSPS) is 12.3. The van der Waals surface area contributed by atoms with Gasteiger partial charge in [-0.05, 0) is 55.0 Å². The van der Waals surface area contributed by atoms with Gasteiger partial charge in [-0.15, -0.1) is 0 Å². The first-order valence-corrected chi connectivity index (χ1v) is 6.97. The van der Waals surface area contributed by atoms with E-state index in [1.165, 1.54) is 11.6 Å². The first kappa shape index (κ1) is 14.7. The van der Waals surface area contributed by atoms with E-state index >= 15 is 0 Å². The Morgan fingerprint density at radius 2 is 1.90 bits per heavy atom. The Kier molecular flexibility index (Phi) is 5.27. The molecule has 2 aromatic rings. The van der Waals surface area contributed by atoms with E-state index in [2.05, 4.69) is 29.7 Å². The van der Waals surface area contributed by atoms with Gasteiger partial charge >= 0.3 is 0 Å². The second-order valence-electron chi connectivity index (χ2n) is 5.10. The van der Waals surface area contributed by atoms with Gasteiger partial charge in [0.1, 0.15) is 5.82 Å². The maximum absolute atomic E-state index is 13.1. The van der Waals surface area contributed by atoms with Crippen molar-refractivity contribution < 1.29 is 4.39 Å². The molecule has 0 amide bonds. The molecule has 2 aromatic carbocycles. The number of nitrogens with two attached hydrogens (primary N) is 1. The van der Waals surface area contributed by atoms with Crippen molar-refractivity contribution in [1.82, 2.24) is 5.43 Å². The van der Waals surface area contributed by atoms with Crippen LogP contribution < -0.4 is 11.3 Å². The molecule has 2 rings (SSSR count). The van der Waals surface area contributed by atoms with Crippen LogP contribution in [-0.2, 0) is 6.42 Å². The Morgan fingerprint density at radius 3 is 2.55 bits per heavy atom. The summed E-state index contributed by atoms with van der Waals surface area (Å²) in [5.41, 5.74) is 6.18. The number of nitrogens with one attached hydrogen (secondary N) is 1. The summed E-state index contributed by atoms with van der Waals surface area (Å²) in [6, 6.07) is 15.3. The quantitative estimate of drug-likeness (QED) is 0.622. The number of aryl methyl sites for hydroxylation is 2. The van der Waals surface area contributed by atoms with Crippen molar-refractivity contribution in [2.45, 2.75) is 32.2 Å². The zero-order chi connectivity index (χ0) is 14.4. The van der Waals surface area contributed by atoms with Gasteiger partial charge in [0, 0.05) is 6.04 Å². The van der Waals surface area contributed by atoms with Crippen molar-refractivity contribution in [1.29, 1.82) is 0 Å². The Bertz CT molecular complexity index is 540. The summed E-state index contributed by atoms with van der Waals surface area (Å²) >= 11 is 0. The van der Waals surface area contributed by atoms with E-state index < -0.39 is 0 Å². The van der Waals surface area contributed by atoms with Gasteiger partial charge in [-0.3, -0.25) is 11.3 Å². The third-order valence-electron chi connectivity index (χ3n) is 3.61. The molecule has 3 N–H and O–H groups in total. The summed E-state index contributed by atoms with van der Waals surface area (Å²) < 4.78 is 13.1. The molecule has 0 saturated carbocycles. The molecule has 0 bridgehead atoms. The summed E-state index contributed by atoms with van der Waals surface area (Å²) in [7, 11) is 0. The molecule has 0 radical (unpaired) electrons. The first-order valence-electron chi connectivity index (χ1n) is 6.97. The van der Waals surface area contributed by atoms with E-state index in [0.29, 0.717) is 0 Å². The van der Waals surface area contributed by atoms with Gasteiger partial charge in [-0.2, -0.15) is 0 Å². The van der Waals surface area contributed by atoms with Gasteiger partial charge in [0.2, 0.25) is 0 Å². The smallest absolute Gasteiger partial charge is 0.123 e. The lowest BCUT2D eigenvalue weighted by molar-refractivity contribution is 0.495. The maximum atomic E-state index is 13.1. The lowest BCUT2D eigenvalue weighted by Gasteiger charge is -2.18. The van der Waals surface area contributed by atoms with Gasteiger partial charge < -0.3 is 0 Å². The average Bonchev–Trinajstić information content (AvgIpc) is 2.46. The second-order valence-corrected chi connectivity index (χ2v) is 5.10. The summed E-state index contributed by atoms with van der Waals surface area (Å²) in [6.07, 6.45) is 2.99. The fourth-order valence-electron chi connectivity index (χ4n) is 2.51. The molecular formula is C17H21FN2. The van der Waals surface area contributed by atoms with Crippen molar-refractivity contribution >= 4 is 0 Å². The Morgan fingerprint density at radius 1 is 1.15 bits per heavy atom. The van der Waals surface area contributed by atoms with Gasteiger partial charge in [-0.25, -0.2) is 4.39 Å². The Labute approximate surface area is 119 Å². The topological polar surface area (TPSA) is 38.0 Å². The third-order valence-corrected chi connectivity index (χ3v) is 3.61. The van der Waals surface area contributed by atoms with Crippen molar-refractivity contribution in [3.8, 4) is 0 Å². The monoisotopic (exact) mass is 272 g/mol. The standard InChI is InChI=1S/C17H21FN2/c1-13-12-15(18)10-11-16(13)17(20-19)9-5-8-14-6-3-2-4-7-14/h2-4,6-7,10-12,17,20H,5,8-9,19H2,1H3. The molecule has 3 heteroatoms. The van der Waals surface area contributed by atoms with Crippen molar-refractivity contribution in [3.05, 3.63) is 71.0 Å². The fraction of sp³-hybridized carbons (Fsp3) is 0.294. The lowest BCUT2D eigenvalue weighted by Crippen LogP contribution is -2.28. The van der Waals surface area contributed by atoms with Crippen LogP contribution in [0.3, 0.4) is 0 Å². The highest BCUT2D eigenvalue weighted by Crippen LogP contribution is 2.23. The molecular weight excluding hydrogens is 251 g/mol. The molecule has 0 aliphatic heterocycles. The highest BCUT2D eigenvalue weighted by Gasteiger charge is 2.12. The van der Waals surface area contributed by atoms with Gasteiger partial charge in [-0.1, -0.05) is 36.4 Å². The van der Waals surface area contributed by atoms with E-state index in [1.54, 1.807) is 6.07 Å². The zero-order valence-electron chi connectivity index (χ0n) is 11.8. The Hall–Kier alpha value is -1.71. The number of hydrazine groups is 1. The van der Waals surface area contributed by atoms with Gasteiger partial charge in [0.15, 0.2) is 0 Å². The lowest BCUT2D eigenvalue weighted by atomic mass is 9.96. The fourth-order valence-corrected chi connectivity index (χ4v) is 2.51. The van der Waals surface area contributed by atoms with Crippen LogP contribution in [0.15, 0.2) is 48.5 Å². The molecule has 1 atom stereocenters. The number of rotatable bonds is 6. The highest BCUT2D eigenvalue weighted by atomic mass is 19.1. The SMILES string of the molecule is Cc1cc(F)ccc1C(CCCc1ccccc1)NN. The third kappa shape index (κ3) is 3.89. The van der Waals surface area contributed by atoms with Crippen LogP contribution in [0, 0.1) is 12.7 Å². The number of halogens is 1. The number of hydrogen-bond acceptors (Lipinski definition) is 2. The van der Waals surface area contributed by atoms with Crippen LogP contribution in [0.4, 0.5) is 4.39 Å². The van der Waals surface area contributed by atoms with Crippen LogP contribution in [0.2, 0.25) is 0 Å². The largest absolute Gasteiger partial charge is 0.271 e. The van der Waals surface area contributed by atoms with Gasteiger partial charge in [0.05, 0.1) is 0 Å². The van der Waals surface area contributed by atoms with E-state index in [-0.39, 0.29) is 11.9 Å². The molecule has 20 heavy (non-hydrogen) atoms. The van der Waals surface area contributed by atoms with E-state index in [4.69, 9.17) is 5.84 Å². The molecule has 106 valence electrons. The van der Waals surface area contributed by atoms with Crippen molar-refractivity contribution in [3.63, 3.8) is 0 Å². The van der Waals surface area contributed by atoms with Crippen LogP contribution in [0.25, 0.3) is 0 Å². The van der Waals surface area contributed by atoms with Crippen molar-refractivity contribution in [2.75, 3.05) is 0 Å². The summed E-state index contributed by atoms with van der Waals surface area (Å²) in [5.74, 6) is 5.44. The summed E-state index contributed by atoms with van der Waals surface area (Å²) in [5, 5.41) is 0. The Balaban J connectivity index is 1.95. The maximum Gasteiger partial charge on any atom is 0.123 e. The predicted molar refractivity (Wildman–Crippen MR) is 80.6 cm³/mol.